The Bertz CT molecular complexity index is 81.7. The molecule has 2 nitrogen and oxygen atoms in total. The van der Waals surface area contributed by atoms with Crippen LogP contribution >= 0.6 is 12.1 Å². The second-order valence-electron chi connectivity index (χ2n) is 1.47. The lowest BCUT2D eigenvalue weighted by Gasteiger charge is -2.07. The van der Waals surface area contributed by atoms with Gasteiger partial charge in [-0.3, -0.25) is 0 Å². The highest BCUT2D eigenvalue weighted by atomic mass is 32.2. The summed E-state index contributed by atoms with van der Waals surface area (Å²) in [6.45, 7) is 0. The highest BCUT2D eigenvalue weighted by Gasteiger charge is 2.01. The van der Waals surface area contributed by atoms with Crippen LogP contribution in [-0.2, 0) is 0 Å². The molecule has 0 aromatic carbocycles. The minimum atomic E-state index is 1.68. The molecule has 1 aliphatic rings. The van der Waals surface area contributed by atoms with E-state index >= 15 is 0 Å². The van der Waals surface area contributed by atoms with Gasteiger partial charge < -0.3 is 8.61 Å². The van der Waals surface area contributed by atoms with Crippen LogP contribution < -0.4 is 0 Å². The number of rotatable bonds is 0. The average molecular weight is 116 g/mol. The van der Waals surface area contributed by atoms with E-state index in [0.29, 0.717) is 0 Å². The van der Waals surface area contributed by atoms with Crippen molar-refractivity contribution in [3.8, 4) is 0 Å². The first kappa shape index (κ1) is 4.84. The minimum Gasteiger partial charge on any atom is -0.307 e. The van der Waals surface area contributed by atoms with E-state index in [-0.39, 0.29) is 0 Å². The quantitative estimate of drug-likeness (QED) is 0.434. The van der Waals surface area contributed by atoms with E-state index in [2.05, 4.69) is 0 Å². The second kappa shape index (κ2) is 1.66. The van der Waals surface area contributed by atoms with Crippen LogP contribution in [0, 0.1) is 0 Å². The molecule has 0 amide bonds. The van der Waals surface area contributed by atoms with Gasteiger partial charge in [0.1, 0.15) is 0 Å². The molecule has 1 aliphatic heterocycles. The molecule has 1 heterocycles. The van der Waals surface area contributed by atoms with Crippen molar-refractivity contribution in [2.45, 2.75) is 0 Å². The summed E-state index contributed by atoms with van der Waals surface area (Å²) in [5.41, 5.74) is 0. The van der Waals surface area contributed by atoms with Gasteiger partial charge in [-0.1, -0.05) is 0 Å². The predicted molar refractivity (Wildman–Crippen MR) is 32.3 cm³/mol. The van der Waals surface area contributed by atoms with Crippen LogP contribution in [0.3, 0.4) is 0 Å². The van der Waals surface area contributed by atoms with Crippen LogP contribution in [0.15, 0.2) is 12.4 Å². The van der Waals surface area contributed by atoms with E-state index in [0.717, 1.165) is 0 Å². The maximum atomic E-state index is 2.04. The van der Waals surface area contributed by atoms with Crippen LogP contribution in [0.1, 0.15) is 0 Å². The molecule has 0 aromatic rings. The summed E-state index contributed by atoms with van der Waals surface area (Å²) in [7, 11) is 4.04. The lowest BCUT2D eigenvalue weighted by molar-refractivity contribution is 0.757. The van der Waals surface area contributed by atoms with Crippen molar-refractivity contribution in [2.75, 3.05) is 14.1 Å². The highest BCUT2D eigenvalue weighted by molar-refractivity contribution is 7.95. The fourth-order valence-corrected chi connectivity index (χ4v) is 1.07. The molecule has 3 heteroatoms. The van der Waals surface area contributed by atoms with E-state index in [9.17, 15) is 0 Å². The van der Waals surface area contributed by atoms with E-state index < -0.39 is 0 Å². The molecule has 0 unspecified atom stereocenters. The van der Waals surface area contributed by atoms with Gasteiger partial charge in [-0.15, -0.1) is 0 Å². The monoisotopic (exact) mass is 116 g/mol. The Morgan fingerprint density at radius 2 is 1.57 bits per heavy atom. The molecule has 0 aromatic heterocycles. The first-order valence-electron chi connectivity index (χ1n) is 2.11. The molecule has 40 valence electrons. The average Bonchev–Trinajstić information content (AvgIpc) is 1.87. The number of nitrogens with zero attached hydrogens (tertiary/aromatic N) is 2. The topological polar surface area (TPSA) is 6.48 Å². The molecule has 0 saturated heterocycles. The zero-order valence-electron chi connectivity index (χ0n) is 4.46. The minimum absolute atomic E-state index is 1.68. The molecule has 0 fully saturated rings. The summed E-state index contributed by atoms with van der Waals surface area (Å²) >= 11 is 1.68. The lowest BCUT2D eigenvalue weighted by atomic mass is 10.9. The van der Waals surface area contributed by atoms with Gasteiger partial charge in [-0.2, -0.15) is 0 Å². The van der Waals surface area contributed by atoms with Crippen LogP contribution in [0.25, 0.3) is 0 Å². The second-order valence-corrected chi connectivity index (χ2v) is 2.79. The molecule has 0 spiro atoms. The van der Waals surface area contributed by atoms with Crippen molar-refractivity contribution in [2.24, 2.45) is 0 Å². The molecular formula is C4H8N2S. The molecule has 0 N–H and O–H groups in total. The van der Waals surface area contributed by atoms with E-state index in [1.165, 1.54) is 0 Å². The Morgan fingerprint density at radius 1 is 1.14 bits per heavy atom. The molecule has 1 rings (SSSR count). The van der Waals surface area contributed by atoms with Crippen molar-refractivity contribution >= 4 is 12.1 Å². The standard InChI is InChI=1S/C4H8N2S/c1-5-3-4-6(2)7-5/h3-4H,1-2H3. The maximum Gasteiger partial charge on any atom is 0.0698 e. The summed E-state index contributed by atoms with van der Waals surface area (Å²) in [6.07, 6.45) is 4.04. The Morgan fingerprint density at radius 3 is 1.71 bits per heavy atom. The number of hydrogen-bond donors (Lipinski definition) is 0. The highest BCUT2D eigenvalue weighted by Crippen LogP contribution is 2.18. The van der Waals surface area contributed by atoms with Crippen molar-refractivity contribution < 1.29 is 0 Å². The molecule has 0 atom stereocenters. The zero-order chi connectivity index (χ0) is 5.28. The predicted octanol–water partition coefficient (Wildman–Crippen LogP) is 0.898. The summed E-state index contributed by atoms with van der Waals surface area (Å²) in [6, 6.07) is 0. The van der Waals surface area contributed by atoms with E-state index in [4.69, 9.17) is 0 Å². The van der Waals surface area contributed by atoms with Gasteiger partial charge in [-0.05, 0) is 0 Å². The van der Waals surface area contributed by atoms with Crippen molar-refractivity contribution in [1.29, 1.82) is 0 Å². The largest absolute Gasteiger partial charge is 0.307 e. The Hall–Kier alpha value is -0.310. The lowest BCUT2D eigenvalue weighted by Crippen LogP contribution is -1.99. The van der Waals surface area contributed by atoms with Gasteiger partial charge in [-0.25, -0.2) is 0 Å². The third-order valence-corrected chi connectivity index (χ3v) is 1.50. The summed E-state index contributed by atoms with van der Waals surface area (Å²) in [5.74, 6) is 0. The third kappa shape index (κ3) is 1.03. The van der Waals surface area contributed by atoms with Crippen LogP contribution in [0.4, 0.5) is 0 Å². The van der Waals surface area contributed by atoms with Gasteiger partial charge in [0.15, 0.2) is 0 Å². The summed E-state index contributed by atoms with van der Waals surface area (Å²) in [4.78, 5) is 0. The fourth-order valence-electron chi connectivity index (χ4n) is 0.445. The van der Waals surface area contributed by atoms with E-state index in [1.54, 1.807) is 12.1 Å². The van der Waals surface area contributed by atoms with Crippen molar-refractivity contribution in [1.82, 2.24) is 8.61 Å². The molecule has 0 aliphatic carbocycles. The van der Waals surface area contributed by atoms with Crippen LogP contribution in [-0.4, -0.2) is 22.7 Å². The molecule has 7 heavy (non-hydrogen) atoms. The van der Waals surface area contributed by atoms with Gasteiger partial charge >= 0.3 is 0 Å². The maximum absolute atomic E-state index is 2.04. The molecule has 0 bridgehead atoms. The van der Waals surface area contributed by atoms with Gasteiger partial charge in [0.05, 0.1) is 12.1 Å². The fraction of sp³-hybridized carbons (Fsp3) is 0.500. The van der Waals surface area contributed by atoms with Gasteiger partial charge in [0, 0.05) is 26.5 Å². The van der Waals surface area contributed by atoms with E-state index in [1.807, 2.05) is 35.1 Å². The van der Waals surface area contributed by atoms with Crippen LogP contribution in [0.2, 0.25) is 0 Å². The number of hydrogen-bond acceptors (Lipinski definition) is 3. The van der Waals surface area contributed by atoms with Gasteiger partial charge in [0.2, 0.25) is 0 Å². The van der Waals surface area contributed by atoms with Gasteiger partial charge in [0.25, 0.3) is 0 Å². The SMILES string of the molecule is CN1C=CN(C)S1. The third-order valence-electron chi connectivity index (χ3n) is 0.744. The first-order chi connectivity index (χ1) is 3.29. The Balaban J connectivity index is 2.42. The van der Waals surface area contributed by atoms with Crippen molar-refractivity contribution in [3.05, 3.63) is 12.4 Å². The summed E-state index contributed by atoms with van der Waals surface area (Å²) < 4.78 is 4.08. The normalized spacial score (nSPS) is 19.1. The summed E-state index contributed by atoms with van der Waals surface area (Å²) in [5, 5.41) is 0. The first-order valence-corrected chi connectivity index (χ1v) is 2.84. The molecular weight excluding hydrogens is 108 g/mol. The Kier molecular flexibility index (Phi) is 1.15. The Labute approximate surface area is 48.1 Å². The molecule has 0 saturated carbocycles. The zero-order valence-corrected chi connectivity index (χ0v) is 5.27. The molecule has 0 radical (unpaired) electrons. The van der Waals surface area contributed by atoms with Crippen LogP contribution in [0.5, 0.6) is 0 Å². The van der Waals surface area contributed by atoms with Crippen molar-refractivity contribution in [3.63, 3.8) is 0 Å². The smallest absolute Gasteiger partial charge is 0.0698 e.